The normalized spacial score (nSPS) is 28.1. The Balaban J connectivity index is 1.67. The molecule has 3 atom stereocenters. The molecule has 2 aliphatic rings. The first-order valence-electron chi connectivity index (χ1n) is 8.97. The van der Waals surface area contributed by atoms with E-state index in [0.717, 1.165) is 13.0 Å². The van der Waals surface area contributed by atoms with Gasteiger partial charge in [0, 0.05) is 38.9 Å². The summed E-state index contributed by atoms with van der Waals surface area (Å²) in [4.78, 5) is 40.1. The maximum absolute atomic E-state index is 12.7. The first-order chi connectivity index (χ1) is 12.7. The summed E-state index contributed by atoms with van der Waals surface area (Å²) in [5.41, 5.74) is 0.0498. The molecular formula is C19H26N4O4. The molecule has 2 saturated heterocycles. The van der Waals surface area contributed by atoms with E-state index in [1.807, 2.05) is 7.05 Å². The van der Waals surface area contributed by atoms with Crippen molar-refractivity contribution in [3.05, 3.63) is 35.4 Å². The minimum atomic E-state index is -1.12. The van der Waals surface area contributed by atoms with E-state index in [2.05, 4.69) is 15.5 Å². The summed E-state index contributed by atoms with van der Waals surface area (Å²) in [7, 11) is 5.54. The van der Waals surface area contributed by atoms with E-state index in [1.165, 1.54) is 0 Å². The van der Waals surface area contributed by atoms with Crippen LogP contribution in [0.4, 0.5) is 4.79 Å². The van der Waals surface area contributed by atoms with E-state index in [-0.39, 0.29) is 18.1 Å². The molecule has 2 aliphatic heterocycles. The molecule has 0 spiro atoms. The molecule has 3 rings (SSSR count). The van der Waals surface area contributed by atoms with Gasteiger partial charge in [-0.2, -0.15) is 0 Å². The number of urea groups is 1. The monoisotopic (exact) mass is 374 g/mol. The van der Waals surface area contributed by atoms with Gasteiger partial charge in [-0.05, 0) is 38.1 Å². The number of carbonyl (C=O) groups excluding carboxylic acids is 3. The van der Waals surface area contributed by atoms with Crippen LogP contribution in [0.1, 0.15) is 29.3 Å². The number of likely N-dealkylation sites (tertiary alicyclic amines) is 1. The average Bonchev–Trinajstić information content (AvgIpc) is 3.13. The van der Waals surface area contributed by atoms with Gasteiger partial charge in [0.2, 0.25) is 0 Å². The molecule has 2 fully saturated rings. The lowest BCUT2D eigenvalue weighted by molar-refractivity contribution is -0.123. The van der Waals surface area contributed by atoms with E-state index in [9.17, 15) is 14.4 Å². The predicted molar refractivity (Wildman–Crippen MR) is 99.3 cm³/mol. The van der Waals surface area contributed by atoms with Crippen molar-refractivity contribution in [3.8, 4) is 0 Å². The molecule has 2 heterocycles. The van der Waals surface area contributed by atoms with Crippen LogP contribution in [0.2, 0.25) is 0 Å². The zero-order valence-electron chi connectivity index (χ0n) is 16.1. The molecule has 27 heavy (non-hydrogen) atoms. The second-order valence-corrected chi connectivity index (χ2v) is 7.48. The third-order valence-electron chi connectivity index (χ3n) is 5.57. The molecule has 1 aromatic carbocycles. The maximum atomic E-state index is 12.7. The molecule has 0 radical (unpaired) electrons. The van der Waals surface area contributed by atoms with E-state index >= 15 is 0 Å². The van der Waals surface area contributed by atoms with Gasteiger partial charge in [-0.15, -0.1) is 0 Å². The summed E-state index contributed by atoms with van der Waals surface area (Å²) < 4.78 is 5.42. The largest absolute Gasteiger partial charge is 0.380 e. The quantitative estimate of drug-likeness (QED) is 0.734. The van der Waals surface area contributed by atoms with Crippen molar-refractivity contribution in [1.29, 1.82) is 0 Å². The van der Waals surface area contributed by atoms with Crippen molar-refractivity contribution in [2.75, 3.05) is 34.3 Å². The average molecular weight is 374 g/mol. The highest BCUT2D eigenvalue weighted by atomic mass is 16.5. The zero-order chi connectivity index (χ0) is 19.8. The molecule has 8 nitrogen and oxygen atoms in total. The topological polar surface area (TPSA) is 91.0 Å². The molecule has 4 amide bonds. The van der Waals surface area contributed by atoms with Gasteiger partial charge >= 0.3 is 6.03 Å². The summed E-state index contributed by atoms with van der Waals surface area (Å²) in [5, 5.41) is 4.85. The lowest BCUT2D eigenvalue weighted by atomic mass is 9.91. The fraction of sp³-hybridized carbons (Fsp3) is 0.526. The molecule has 8 heteroatoms. The van der Waals surface area contributed by atoms with Crippen LogP contribution in [-0.4, -0.2) is 74.1 Å². The van der Waals surface area contributed by atoms with Gasteiger partial charge < -0.3 is 15.0 Å². The molecular weight excluding hydrogens is 348 g/mol. The van der Waals surface area contributed by atoms with Crippen molar-refractivity contribution in [2.45, 2.75) is 31.0 Å². The highest BCUT2D eigenvalue weighted by molar-refractivity contribution is 6.07. The standard InChI is InChI=1S/C19H26N4O4/c1-19(17(25)20-18(26)21-19)13-7-5-12(6-8-13)16(24)23(3)10-14-9-15(27-4)11-22(14)2/h5-8,14-15H,9-11H2,1-4H3,(H2,20,21,25,26)/t14-,15-,19?/m0/s1. The van der Waals surface area contributed by atoms with Crippen molar-refractivity contribution in [1.82, 2.24) is 20.4 Å². The van der Waals surface area contributed by atoms with Crippen LogP contribution >= 0.6 is 0 Å². The van der Waals surface area contributed by atoms with E-state index < -0.39 is 17.5 Å². The third-order valence-corrected chi connectivity index (χ3v) is 5.57. The van der Waals surface area contributed by atoms with Crippen LogP contribution in [0.15, 0.2) is 24.3 Å². The summed E-state index contributed by atoms with van der Waals surface area (Å²) in [6.07, 6.45) is 1.10. The van der Waals surface area contributed by atoms with Gasteiger partial charge in [0.15, 0.2) is 0 Å². The van der Waals surface area contributed by atoms with Gasteiger partial charge in [-0.25, -0.2) is 4.79 Å². The van der Waals surface area contributed by atoms with Gasteiger partial charge in [-0.3, -0.25) is 19.8 Å². The Morgan fingerprint density at radius 2 is 2.00 bits per heavy atom. The third kappa shape index (κ3) is 3.68. The second kappa shape index (κ2) is 7.28. The number of hydrogen-bond donors (Lipinski definition) is 2. The highest BCUT2D eigenvalue weighted by Crippen LogP contribution is 2.25. The van der Waals surface area contributed by atoms with Crippen LogP contribution in [0.3, 0.4) is 0 Å². The van der Waals surface area contributed by atoms with Crippen molar-refractivity contribution >= 4 is 17.8 Å². The van der Waals surface area contributed by atoms with Crippen molar-refractivity contribution in [3.63, 3.8) is 0 Å². The Hall–Kier alpha value is -2.45. The number of benzene rings is 1. The number of amides is 4. The summed E-state index contributed by atoms with van der Waals surface area (Å²) in [6, 6.07) is 6.53. The maximum Gasteiger partial charge on any atom is 0.322 e. The van der Waals surface area contributed by atoms with Crippen molar-refractivity contribution < 1.29 is 19.1 Å². The molecule has 0 saturated carbocycles. The minimum Gasteiger partial charge on any atom is -0.380 e. The lowest BCUT2D eigenvalue weighted by Crippen LogP contribution is -2.41. The van der Waals surface area contributed by atoms with Crippen LogP contribution in [0.25, 0.3) is 0 Å². The van der Waals surface area contributed by atoms with Crippen LogP contribution in [-0.2, 0) is 15.1 Å². The first kappa shape index (κ1) is 19.3. The number of nitrogens with zero attached hydrogens (tertiary/aromatic N) is 2. The first-order valence-corrected chi connectivity index (χ1v) is 8.97. The molecule has 0 aromatic heterocycles. The Morgan fingerprint density at radius 1 is 1.33 bits per heavy atom. The summed E-state index contributed by atoms with van der Waals surface area (Å²) >= 11 is 0. The fourth-order valence-corrected chi connectivity index (χ4v) is 3.72. The number of hydrogen-bond acceptors (Lipinski definition) is 5. The fourth-order valence-electron chi connectivity index (χ4n) is 3.72. The number of nitrogens with one attached hydrogen (secondary N) is 2. The molecule has 1 unspecified atom stereocenters. The SMILES string of the molecule is CO[C@H]1C[C@@H](CN(C)C(=O)c2ccc(C3(C)NC(=O)NC3=O)cc2)N(C)C1. The van der Waals surface area contributed by atoms with E-state index in [4.69, 9.17) is 4.74 Å². The van der Waals surface area contributed by atoms with Crippen molar-refractivity contribution in [2.24, 2.45) is 0 Å². The minimum absolute atomic E-state index is 0.0825. The lowest BCUT2D eigenvalue weighted by Gasteiger charge is -2.26. The van der Waals surface area contributed by atoms with Crippen LogP contribution in [0.5, 0.6) is 0 Å². The highest BCUT2D eigenvalue weighted by Gasteiger charge is 2.43. The summed E-state index contributed by atoms with van der Waals surface area (Å²) in [6.45, 7) is 3.12. The number of ether oxygens (including phenoxy) is 1. The molecule has 146 valence electrons. The summed E-state index contributed by atoms with van der Waals surface area (Å²) in [5.74, 6) is -0.485. The van der Waals surface area contributed by atoms with Gasteiger partial charge in [0.05, 0.1) is 6.10 Å². The van der Waals surface area contributed by atoms with Crippen LogP contribution < -0.4 is 10.6 Å². The van der Waals surface area contributed by atoms with Crippen LogP contribution in [0, 0.1) is 0 Å². The Labute approximate surface area is 158 Å². The second-order valence-electron chi connectivity index (χ2n) is 7.48. The molecule has 2 N–H and O–H groups in total. The van der Waals surface area contributed by atoms with Gasteiger partial charge in [0.1, 0.15) is 5.54 Å². The Morgan fingerprint density at radius 3 is 2.52 bits per heavy atom. The number of carbonyl (C=O) groups is 3. The Kier molecular flexibility index (Phi) is 5.21. The number of likely N-dealkylation sites (N-methyl/N-ethyl adjacent to an activating group) is 2. The molecule has 0 aliphatic carbocycles. The van der Waals surface area contributed by atoms with Gasteiger partial charge in [-0.1, -0.05) is 12.1 Å². The van der Waals surface area contributed by atoms with E-state index in [1.54, 1.807) is 50.2 Å². The molecule has 0 bridgehead atoms. The number of methoxy groups -OCH3 is 1. The number of rotatable bonds is 5. The number of imide groups is 1. The predicted octanol–water partition coefficient (Wildman–Crippen LogP) is 0.532. The van der Waals surface area contributed by atoms with E-state index in [0.29, 0.717) is 17.7 Å². The zero-order valence-corrected chi connectivity index (χ0v) is 16.1. The smallest absolute Gasteiger partial charge is 0.322 e. The molecule has 1 aromatic rings. The van der Waals surface area contributed by atoms with Gasteiger partial charge in [0.25, 0.3) is 11.8 Å². The Bertz CT molecular complexity index is 751.